The third-order valence-corrected chi connectivity index (χ3v) is 4.90. The maximum Gasteiger partial charge on any atom is 0.283 e. The second-order valence-electron chi connectivity index (χ2n) is 5.37. The van der Waals surface area contributed by atoms with Gasteiger partial charge in [-0.2, -0.15) is 13.4 Å². The Balaban J connectivity index is 1.80. The van der Waals surface area contributed by atoms with Crippen LogP contribution in [0.3, 0.4) is 0 Å². The summed E-state index contributed by atoms with van der Waals surface area (Å²) >= 11 is 0. The molecule has 1 aromatic carbocycles. The predicted octanol–water partition coefficient (Wildman–Crippen LogP) is 2.24. The first-order valence-electron chi connectivity index (χ1n) is 7.53. The molecule has 126 valence electrons. The Morgan fingerprint density at radius 2 is 1.92 bits per heavy atom. The smallest absolute Gasteiger partial charge is 0.283 e. The lowest BCUT2D eigenvalue weighted by Crippen LogP contribution is -2.15. The summed E-state index contributed by atoms with van der Waals surface area (Å²) in [5.41, 5.74) is 0.788. The van der Waals surface area contributed by atoms with Gasteiger partial charge in [-0.05, 0) is 25.5 Å². The number of hydrogen-bond acceptors (Lipinski definition) is 5. The molecule has 0 amide bonds. The molecule has 0 aliphatic rings. The highest BCUT2D eigenvalue weighted by Crippen LogP contribution is 2.16. The second kappa shape index (κ2) is 6.44. The Bertz CT molecular complexity index is 916. The van der Waals surface area contributed by atoms with Crippen LogP contribution >= 0.6 is 0 Å². The molecular formula is C15H18N6O2S. The van der Waals surface area contributed by atoms with E-state index in [-0.39, 0.29) is 17.0 Å². The number of para-hydroxylation sites is 1. The molecule has 1 atom stereocenters. The van der Waals surface area contributed by atoms with Gasteiger partial charge in [0.05, 0.1) is 12.0 Å². The van der Waals surface area contributed by atoms with Crippen molar-refractivity contribution in [3.05, 3.63) is 49.2 Å². The van der Waals surface area contributed by atoms with Crippen LogP contribution < -0.4 is 4.72 Å². The van der Waals surface area contributed by atoms with Crippen molar-refractivity contribution in [3.8, 4) is 5.69 Å². The van der Waals surface area contributed by atoms with E-state index in [1.807, 2.05) is 44.2 Å². The number of benzene rings is 1. The molecule has 0 spiro atoms. The van der Waals surface area contributed by atoms with Crippen molar-refractivity contribution >= 4 is 16.0 Å². The molecule has 0 saturated carbocycles. The molecule has 0 bridgehead atoms. The van der Waals surface area contributed by atoms with Gasteiger partial charge in [-0.15, -0.1) is 5.10 Å². The van der Waals surface area contributed by atoms with Gasteiger partial charge >= 0.3 is 0 Å². The fourth-order valence-electron chi connectivity index (χ4n) is 2.10. The lowest BCUT2D eigenvalue weighted by molar-refractivity contribution is 0.529. The summed E-state index contributed by atoms with van der Waals surface area (Å²) in [6.07, 6.45) is 5.35. The van der Waals surface area contributed by atoms with E-state index < -0.39 is 10.0 Å². The topological polar surface area (TPSA) is 94.7 Å². The molecule has 0 aliphatic heterocycles. The highest BCUT2D eigenvalue weighted by atomic mass is 32.2. The van der Waals surface area contributed by atoms with Gasteiger partial charge in [0.25, 0.3) is 16.0 Å². The van der Waals surface area contributed by atoms with Crippen molar-refractivity contribution in [1.82, 2.24) is 24.3 Å². The molecule has 3 aromatic rings. The zero-order valence-corrected chi connectivity index (χ0v) is 14.2. The Morgan fingerprint density at radius 3 is 2.62 bits per heavy atom. The van der Waals surface area contributed by atoms with E-state index in [0.29, 0.717) is 0 Å². The van der Waals surface area contributed by atoms with Gasteiger partial charge in [-0.1, -0.05) is 25.1 Å². The van der Waals surface area contributed by atoms with Gasteiger partial charge in [-0.25, -0.2) is 14.4 Å². The summed E-state index contributed by atoms with van der Waals surface area (Å²) < 4.78 is 30.4. The quantitative estimate of drug-likeness (QED) is 0.738. The largest absolute Gasteiger partial charge is 0.333 e. The summed E-state index contributed by atoms with van der Waals surface area (Å²) in [7, 11) is -3.82. The normalized spacial score (nSPS) is 12.9. The van der Waals surface area contributed by atoms with Crippen LogP contribution in [0.5, 0.6) is 0 Å². The summed E-state index contributed by atoms with van der Waals surface area (Å²) in [5, 5.41) is 4.07. The van der Waals surface area contributed by atoms with Crippen molar-refractivity contribution < 1.29 is 8.42 Å². The average Bonchev–Trinajstić information content (AvgIpc) is 3.24. The van der Waals surface area contributed by atoms with E-state index in [1.54, 1.807) is 4.57 Å². The molecular weight excluding hydrogens is 328 g/mol. The van der Waals surface area contributed by atoms with E-state index >= 15 is 0 Å². The molecule has 0 fully saturated rings. The van der Waals surface area contributed by atoms with Gasteiger partial charge in [0.2, 0.25) is 0 Å². The number of sulfonamides is 1. The molecule has 0 aliphatic carbocycles. The number of anilines is 1. The van der Waals surface area contributed by atoms with Gasteiger partial charge in [0.1, 0.15) is 6.33 Å². The number of imidazole rings is 1. The van der Waals surface area contributed by atoms with Crippen LogP contribution in [-0.2, 0) is 10.0 Å². The lowest BCUT2D eigenvalue weighted by Gasteiger charge is -2.08. The highest BCUT2D eigenvalue weighted by molar-refractivity contribution is 7.92. The monoisotopic (exact) mass is 346 g/mol. The van der Waals surface area contributed by atoms with E-state index in [2.05, 4.69) is 19.8 Å². The lowest BCUT2D eigenvalue weighted by atomic mass is 10.3. The fraction of sp³-hybridized carbons (Fsp3) is 0.267. The Labute approximate surface area is 140 Å². The SMILES string of the molecule is CCC(C)n1cnc(S(=O)(=O)Nc2ncn(-c3ccccc3)n2)c1. The number of rotatable bonds is 6. The zero-order chi connectivity index (χ0) is 17.2. The first-order chi connectivity index (χ1) is 11.5. The molecule has 9 heteroatoms. The summed E-state index contributed by atoms with van der Waals surface area (Å²) in [5.74, 6) is -0.00283. The minimum absolute atomic E-state index is 0.00283. The van der Waals surface area contributed by atoms with E-state index in [0.717, 1.165) is 12.1 Å². The molecule has 24 heavy (non-hydrogen) atoms. The van der Waals surface area contributed by atoms with Crippen LogP contribution in [0.2, 0.25) is 0 Å². The standard InChI is InChI=1S/C15H18N6O2S/c1-3-12(2)20-9-14(16-10-20)24(22,23)19-15-17-11-21(18-15)13-7-5-4-6-8-13/h4-12H,3H2,1-2H3,(H,18,19). The van der Waals surface area contributed by atoms with Gasteiger partial charge in [0, 0.05) is 12.2 Å². The van der Waals surface area contributed by atoms with Gasteiger partial charge in [0.15, 0.2) is 5.03 Å². The molecule has 1 N–H and O–H groups in total. The summed E-state index contributed by atoms with van der Waals surface area (Å²) in [4.78, 5) is 7.96. The molecule has 8 nitrogen and oxygen atoms in total. The molecule has 2 heterocycles. The zero-order valence-electron chi connectivity index (χ0n) is 13.4. The third kappa shape index (κ3) is 3.30. The van der Waals surface area contributed by atoms with E-state index in [4.69, 9.17) is 0 Å². The molecule has 3 rings (SSSR count). The first kappa shape index (κ1) is 16.2. The number of nitrogens with one attached hydrogen (secondary N) is 1. The van der Waals surface area contributed by atoms with Crippen LogP contribution in [0.25, 0.3) is 5.69 Å². The Hall–Kier alpha value is -2.68. The number of nitrogens with zero attached hydrogens (tertiary/aromatic N) is 5. The van der Waals surface area contributed by atoms with Crippen LogP contribution in [0.15, 0.2) is 54.2 Å². The fourth-order valence-corrected chi connectivity index (χ4v) is 2.98. The predicted molar refractivity (Wildman–Crippen MR) is 89.4 cm³/mol. The maximum atomic E-state index is 12.4. The van der Waals surface area contributed by atoms with Crippen LogP contribution in [0, 0.1) is 0 Å². The summed E-state index contributed by atoms with van der Waals surface area (Å²) in [6.45, 7) is 4.02. The van der Waals surface area contributed by atoms with E-state index in [9.17, 15) is 8.42 Å². The first-order valence-corrected chi connectivity index (χ1v) is 9.01. The van der Waals surface area contributed by atoms with Crippen molar-refractivity contribution in [2.24, 2.45) is 0 Å². The molecule has 0 saturated heterocycles. The van der Waals surface area contributed by atoms with Crippen molar-refractivity contribution in [1.29, 1.82) is 0 Å². The number of aromatic nitrogens is 5. The second-order valence-corrected chi connectivity index (χ2v) is 7.00. The average molecular weight is 346 g/mol. The minimum Gasteiger partial charge on any atom is -0.333 e. The van der Waals surface area contributed by atoms with Gasteiger partial charge < -0.3 is 4.57 Å². The maximum absolute atomic E-state index is 12.4. The van der Waals surface area contributed by atoms with Crippen molar-refractivity contribution in [2.45, 2.75) is 31.3 Å². The molecule has 0 radical (unpaired) electrons. The third-order valence-electron chi connectivity index (χ3n) is 3.69. The highest BCUT2D eigenvalue weighted by Gasteiger charge is 2.20. The van der Waals surface area contributed by atoms with Crippen LogP contribution in [-0.4, -0.2) is 32.7 Å². The van der Waals surface area contributed by atoms with Crippen molar-refractivity contribution in [2.75, 3.05) is 4.72 Å². The Morgan fingerprint density at radius 1 is 1.17 bits per heavy atom. The number of hydrogen-bond donors (Lipinski definition) is 1. The van der Waals surface area contributed by atoms with E-state index in [1.165, 1.54) is 23.5 Å². The molecule has 2 aromatic heterocycles. The Kier molecular flexibility index (Phi) is 4.34. The molecule has 1 unspecified atom stereocenters. The van der Waals surface area contributed by atoms with Crippen LogP contribution in [0.1, 0.15) is 26.3 Å². The van der Waals surface area contributed by atoms with Gasteiger partial charge in [-0.3, -0.25) is 0 Å². The summed E-state index contributed by atoms with van der Waals surface area (Å²) in [6, 6.07) is 9.49. The minimum atomic E-state index is -3.82. The van der Waals surface area contributed by atoms with Crippen molar-refractivity contribution in [3.63, 3.8) is 0 Å². The van der Waals surface area contributed by atoms with Crippen LogP contribution in [0.4, 0.5) is 5.95 Å².